The van der Waals surface area contributed by atoms with Crippen LogP contribution in [0.5, 0.6) is 0 Å². The van der Waals surface area contributed by atoms with E-state index in [0.29, 0.717) is 17.1 Å². The van der Waals surface area contributed by atoms with Gasteiger partial charge in [-0.2, -0.15) is 5.10 Å². The molecule has 9 heteroatoms. The van der Waals surface area contributed by atoms with Crippen molar-refractivity contribution in [3.8, 4) is 11.3 Å². The summed E-state index contributed by atoms with van der Waals surface area (Å²) in [5.41, 5.74) is 4.32. The van der Waals surface area contributed by atoms with Crippen LogP contribution in [0.2, 0.25) is 0 Å². The molecule has 0 saturated heterocycles. The minimum Gasteiger partial charge on any atom is -0.455 e. The van der Waals surface area contributed by atoms with E-state index in [9.17, 15) is 14.9 Å². The highest BCUT2D eigenvalue weighted by molar-refractivity contribution is 9.10. The SMILES string of the molecule is O=C(CSCc1ccccc1Br)N/N=C\c1ccc(-c2ccc([N+](=O)[O-])cc2)o1. The Morgan fingerprint density at radius 2 is 1.93 bits per heavy atom. The lowest BCUT2D eigenvalue weighted by molar-refractivity contribution is -0.384. The molecule has 2 aromatic carbocycles. The highest BCUT2D eigenvalue weighted by Gasteiger charge is 2.08. The molecule has 0 fully saturated rings. The molecule has 3 aromatic rings. The van der Waals surface area contributed by atoms with E-state index >= 15 is 0 Å². The highest BCUT2D eigenvalue weighted by Crippen LogP contribution is 2.24. The van der Waals surface area contributed by atoms with Gasteiger partial charge >= 0.3 is 0 Å². The molecule has 0 atom stereocenters. The molecule has 0 aliphatic heterocycles. The molecule has 0 aliphatic rings. The van der Waals surface area contributed by atoms with Gasteiger partial charge in [-0.15, -0.1) is 11.8 Å². The summed E-state index contributed by atoms with van der Waals surface area (Å²) in [6.07, 6.45) is 1.41. The van der Waals surface area contributed by atoms with E-state index in [1.807, 2.05) is 24.3 Å². The number of nitro groups is 1. The first-order chi connectivity index (χ1) is 14.0. The Balaban J connectivity index is 1.47. The van der Waals surface area contributed by atoms with Crippen LogP contribution < -0.4 is 5.43 Å². The number of nitrogens with zero attached hydrogens (tertiary/aromatic N) is 2. The summed E-state index contributed by atoms with van der Waals surface area (Å²) in [5.74, 6) is 1.80. The van der Waals surface area contributed by atoms with Gasteiger partial charge in [-0.3, -0.25) is 14.9 Å². The standard InChI is InChI=1S/C20H16BrN3O4S/c21-18-4-2-1-3-15(18)12-29-13-20(25)23-22-11-17-9-10-19(28-17)14-5-7-16(8-6-14)24(26)27/h1-11H,12-13H2,(H,23,25)/b22-11-. The fourth-order valence-corrected chi connectivity index (χ4v) is 3.83. The topological polar surface area (TPSA) is 97.7 Å². The second kappa shape index (κ2) is 10.0. The van der Waals surface area contributed by atoms with E-state index < -0.39 is 4.92 Å². The summed E-state index contributed by atoms with van der Waals surface area (Å²) < 4.78 is 6.64. The molecule has 0 bridgehead atoms. The maximum Gasteiger partial charge on any atom is 0.269 e. The lowest BCUT2D eigenvalue weighted by Gasteiger charge is -2.03. The third-order valence-electron chi connectivity index (χ3n) is 3.82. The molecule has 148 valence electrons. The molecule has 1 amide bonds. The number of hydrogen-bond acceptors (Lipinski definition) is 6. The van der Waals surface area contributed by atoms with Gasteiger partial charge in [0, 0.05) is 27.9 Å². The molecule has 3 rings (SSSR count). The number of non-ortho nitro benzene ring substituents is 1. The fourth-order valence-electron chi connectivity index (χ4n) is 2.39. The lowest BCUT2D eigenvalue weighted by atomic mass is 10.1. The Morgan fingerprint density at radius 1 is 1.17 bits per heavy atom. The van der Waals surface area contributed by atoms with Crippen molar-refractivity contribution < 1.29 is 14.1 Å². The zero-order valence-electron chi connectivity index (χ0n) is 15.1. The summed E-state index contributed by atoms with van der Waals surface area (Å²) in [5, 5.41) is 14.6. The van der Waals surface area contributed by atoms with E-state index in [1.165, 1.54) is 30.1 Å². The summed E-state index contributed by atoms with van der Waals surface area (Å²) in [6, 6.07) is 17.4. The number of hydrazone groups is 1. The van der Waals surface area contributed by atoms with E-state index in [1.54, 1.807) is 24.3 Å². The molecule has 0 unspecified atom stereocenters. The maximum atomic E-state index is 11.9. The maximum absolute atomic E-state index is 11.9. The van der Waals surface area contributed by atoms with E-state index in [0.717, 1.165) is 15.8 Å². The van der Waals surface area contributed by atoms with Crippen molar-refractivity contribution >= 4 is 45.5 Å². The van der Waals surface area contributed by atoms with E-state index in [2.05, 4.69) is 26.5 Å². The van der Waals surface area contributed by atoms with E-state index in [4.69, 9.17) is 4.42 Å². The van der Waals surface area contributed by atoms with Crippen LogP contribution in [-0.4, -0.2) is 22.8 Å². The molecular formula is C20H16BrN3O4S. The van der Waals surface area contributed by atoms with Gasteiger partial charge < -0.3 is 4.42 Å². The van der Waals surface area contributed by atoms with Crippen molar-refractivity contribution in [1.82, 2.24) is 5.43 Å². The van der Waals surface area contributed by atoms with Gasteiger partial charge in [0.25, 0.3) is 5.69 Å². The number of benzene rings is 2. The molecule has 1 N–H and O–H groups in total. The van der Waals surface area contributed by atoms with Crippen LogP contribution in [0.3, 0.4) is 0 Å². The first-order valence-electron chi connectivity index (χ1n) is 8.50. The zero-order chi connectivity index (χ0) is 20.6. The molecule has 0 aliphatic carbocycles. The lowest BCUT2D eigenvalue weighted by Crippen LogP contribution is -2.19. The molecular weight excluding hydrogens is 458 g/mol. The second-order valence-corrected chi connectivity index (χ2v) is 7.72. The normalized spacial score (nSPS) is 10.9. The summed E-state index contributed by atoms with van der Waals surface area (Å²) >= 11 is 4.97. The average molecular weight is 474 g/mol. The number of hydrogen-bond donors (Lipinski definition) is 1. The Hall–Kier alpha value is -2.91. The molecule has 29 heavy (non-hydrogen) atoms. The van der Waals surface area contributed by atoms with Crippen molar-refractivity contribution in [3.63, 3.8) is 0 Å². The Labute approximate surface area is 179 Å². The average Bonchev–Trinajstić information content (AvgIpc) is 3.18. The highest BCUT2D eigenvalue weighted by atomic mass is 79.9. The number of carbonyl (C=O) groups is 1. The largest absolute Gasteiger partial charge is 0.455 e. The third-order valence-corrected chi connectivity index (χ3v) is 5.57. The van der Waals surface area contributed by atoms with Crippen LogP contribution in [-0.2, 0) is 10.5 Å². The number of nitro benzene ring substituents is 1. The van der Waals surface area contributed by atoms with Gasteiger partial charge in [0.2, 0.25) is 5.91 Å². The van der Waals surface area contributed by atoms with Crippen LogP contribution in [0.4, 0.5) is 5.69 Å². The van der Waals surface area contributed by atoms with Crippen LogP contribution in [0.25, 0.3) is 11.3 Å². The van der Waals surface area contributed by atoms with Crippen molar-refractivity contribution in [3.05, 3.63) is 86.6 Å². The Bertz CT molecular complexity index is 1030. The molecule has 7 nitrogen and oxygen atoms in total. The number of amides is 1. The number of rotatable bonds is 8. The molecule has 1 aromatic heterocycles. The van der Waals surface area contributed by atoms with Gasteiger partial charge in [-0.25, -0.2) is 5.43 Å². The van der Waals surface area contributed by atoms with E-state index in [-0.39, 0.29) is 17.3 Å². The fraction of sp³-hybridized carbons (Fsp3) is 0.100. The van der Waals surface area contributed by atoms with Gasteiger partial charge in [-0.05, 0) is 35.9 Å². The van der Waals surface area contributed by atoms with Crippen LogP contribution >= 0.6 is 27.7 Å². The smallest absolute Gasteiger partial charge is 0.269 e. The summed E-state index contributed by atoms with van der Waals surface area (Å²) in [4.78, 5) is 22.1. The summed E-state index contributed by atoms with van der Waals surface area (Å²) in [6.45, 7) is 0. The molecule has 1 heterocycles. The van der Waals surface area contributed by atoms with Crippen molar-refractivity contribution in [2.75, 3.05) is 5.75 Å². The number of carbonyl (C=O) groups excluding carboxylic acids is 1. The van der Waals surface area contributed by atoms with Gasteiger partial charge in [0.15, 0.2) is 0 Å². The van der Waals surface area contributed by atoms with Crippen molar-refractivity contribution in [2.24, 2.45) is 5.10 Å². The number of thioether (sulfide) groups is 1. The van der Waals surface area contributed by atoms with Gasteiger partial charge in [0.1, 0.15) is 11.5 Å². The minimum atomic E-state index is -0.455. The molecule has 0 radical (unpaired) electrons. The minimum absolute atomic E-state index is 0.0160. The van der Waals surface area contributed by atoms with Crippen molar-refractivity contribution in [1.29, 1.82) is 0 Å². The van der Waals surface area contributed by atoms with Gasteiger partial charge in [-0.1, -0.05) is 34.1 Å². The Morgan fingerprint density at radius 3 is 2.66 bits per heavy atom. The quantitative estimate of drug-likeness (QED) is 0.282. The van der Waals surface area contributed by atoms with Crippen LogP contribution in [0, 0.1) is 10.1 Å². The second-order valence-electron chi connectivity index (χ2n) is 5.88. The number of halogens is 1. The number of furan rings is 1. The first-order valence-corrected chi connectivity index (χ1v) is 10.5. The van der Waals surface area contributed by atoms with Crippen LogP contribution in [0.15, 0.2) is 74.7 Å². The Kier molecular flexibility index (Phi) is 7.20. The predicted molar refractivity (Wildman–Crippen MR) is 117 cm³/mol. The number of nitrogens with one attached hydrogen (secondary N) is 1. The first kappa shape index (κ1) is 20.8. The van der Waals surface area contributed by atoms with Crippen molar-refractivity contribution in [2.45, 2.75) is 5.75 Å². The summed E-state index contributed by atoms with van der Waals surface area (Å²) in [7, 11) is 0. The monoisotopic (exact) mass is 473 g/mol. The van der Waals surface area contributed by atoms with Crippen LogP contribution in [0.1, 0.15) is 11.3 Å². The zero-order valence-corrected chi connectivity index (χ0v) is 17.5. The van der Waals surface area contributed by atoms with Gasteiger partial charge in [0.05, 0.1) is 16.9 Å². The molecule has 0 saturated carbocycles. The third kappa shape index (κ3) is 6.03. The predicted octanol–water partition coefficient (Wildman–Crippen LogP) is 5.00. The molecule has 0 spiro atoms.